The number of cyclic esters (lactones) is 2. The summed E-state index contributed by atoms with van der Waals surface area (Å²) in [6.07, 6.45) is 3.28. The van der Waals surface area contributed by atoms with Crippen molar-refractivity contribution in [1.29, 1.82) is 0 Å². The number of rotatable bonds is 0. The molecule has 90 valence electrons. The lowest BCUT2D eigenvalue weighted by Gasteiger charge is -1.95. The number of fused-ring (bicyclic) bond motifs is 1. The van der Waals surface area contributed by atoms with E-state index in [1.165, 1.54) is 0 Å². The van der Waals surface area contributed by atoms with E-state index in [2.05, 4.69) is 21.6 Å². The van der Waals surface area contributed by atoms with Gasteiger partial charge in [-0.1, -0.05) is 17.9 Å². The van der Waals surface area contributed by atoms with Crippen molar-refractivity contribution in [2.24, 2.45) is 0 Å². The lowest BCUT2D eigenvalue weighted by molar-refractivity contribution is 0.0443. The molecule has 1 aromatic heterocycles. The zero-order chi connectivity index (χ0) is 13.2. The third kappa shape index (κ3) is 1.98. The minimum absolute atomic E-state index is 0.240. The first-order chi connectivity index (χ1) is 9.25. The number of nitrogens with zero attached hydrogens (tertiary/aromatic N) is 1. The van der Waals surface area contributed by atoms with Gasteiger partial charge in [0.2, 0.25) is 0 Å². The molecule has 0 aliphatic carbocycles. The van der Waals surface area contributed by atoms with Gasteiger partial charge in [0.15, 0.2) is 0 Å². The second-order valence-electron chi connectivity index (χ2n) is 3.90. The number of aromatic nitrogens is 1. The van der Waals surface area contributed by atoms with Crippen LogP contribution in [0.3, 0.4) is 0 Å². The van der Waals surface area contributed by atoms with Gasteiger partial charge < -0.3 is 4.74 Å². The summed E-state index contributed by atoms with van der Waals surface area (Å²) in [5, 5.41) is 0. The van der Waals surface area contributed by atoms with Crippen molar-refractivity contribution in [2.75, 3.05) is 0 Å². The van der Waals surface area contributed by atoms with Crippen LogP contribution in [0.5, 0.6) is 0 Å². The maximum absolute atomic E-state index is 11.6. The van der Waals surface area contributed by atoms with Crippen LogP contribution in [0.2, 0.25) is 0 Å². The average molecular weight is 249 g/mol. The molecule has 3 rings (SSSR count). The van der Waals surface area contributed by atoms with E-state index in [0.717, 1.165) is 5.56 Å². The number of pyridine rings is 1. The molecule has 1 aliphatic rings. The molecule has 19 heavy (non-hydrogen) atoms. The first-order valence-corrected chi connectivity index (χ1v) is 5.57. The first-order valence-electron chi connectivity index (χ1n) is 5.57. The highest BCUT2D eigenvalue weighted by Crippen LogP contribution is 2.22. The fraction of sp³-hybridized carbons (Fsp3) is 0. The van der Waals surface area contributed by atoms with Crippen molar-refractivity contribution >= 4 is 11.9 Å². The van der Waals surface area contributed by atoms with Crippen LogP contribution >= 0.6 is 0 Å². The number of carbonyl (C=O) groups excluding carboxylic acids is 2. The summed E-state index contributed by atoms with van der Waals surface area (Å²) in [6, 6.07) is 8.50. The molecule has 0 radical (unpaired) electrons. The van der Waals surface area contributed by atoms with Crippen molar-refractivity contribution in [3.63, 3.8) is 0 Å². The van der Waals surface area contributed by atoms with Crippen molar-refractivity contribution < 1.29 is 14.3 Å². The molecular formula is C15H7NO3. The number of hydrogen-bond acceptors (Lipinski definition) is 4. The van der Waals surface area contributed by atoms with Crippen LogP contribution in [-0.2, 0) is 4.74 Å². The third-order valence-corrected chi connectivity index (χ3v) is 2.68. The number of benzene rings is 1. The smallest absolute Gasteiger partial charge is 0.348 e. The zero-order valence-corrected chi connectivity index (χ0v) is 9.71. The highest BCUT2D eigenvalue weighted by Gasteiger charge is 2.31. The summed E-state index contributed by atoms with van der Waals surface area (Å²) in [4.78, 5) is 26.9. The quantitative estimate of drug-likeness (QED) is 0.406. The second-order valence-corrected chi connectivity index (χ2v) is 3.90. The van der Waals surface area contributed by atoms with Gasteiger partial charge in [0.25, 0.3) is 0 Å². The predicted octanol–water partition coefficient (Wildman–Crippen LogP) is 1.79. The van der Waals surface area contributed by atoms with Gasteiger partial charge in [-0.15, -0.1) is 0 Å². The monoisotopic (exact) mass is 249 g/mol. The molecule has 0 saturated carbocycles. The molecule has 0 bridgehead atoms. The summed E-state index contributed by atoms with van der Waals surface area (Å²) in [5.74, 6) is 4.50. The summed E-state index contributed by atoms with van der Waals surface area (Å²) in [6.45, 7) is 0. The van der Waals surface area contributed by atoms with Crippen LogP contribution in [0, 0.1) is 11.8 Å². The number of ether oxygens (including phenoxy) is 1. The van der Waals surface area contributed by atoms with E-state index in [1.54, 1.807) is 36.7 Å². The van der Waals surface area contributed by atoms with Gasteiger partial charge in [0.05, 0.1) is 11.1 Å². The van der Waals surface area contributed by atoms with Gasteiger partial charge in [-0.05, 0) is 24.3 Å². The summed E-state index contributed by atoms with van der Waals surface area (Å²) in [5.41, 5.74) is 1.72. The van der Waals surface area contributed by atoms with Crippen LogP contribution in [0.1, 0.15) is 31.8 Å². The Hall–Kier alpha value is -2.93. The molecular weight excluding hydrogens is 242 g/mol. The standard InChI is InChI=1S/C15H7NO3/c17-14-12-5-1-4-11(13(12)15(18)19-14)7-6-10-3-2-8-16-9-10/h1-5,8-9H. The van der Waals surface area contributed by atoms with E-state index in [0.29, 0.717) is 5.56 Å². The minimum Gasteiger partial charge on any atom is -0.386 e. The molecule has 1 aliphatic heterocycles. The molecule has 0 unspecified atom stereocenters. The van der Waals surface area contributed by atoms with Gasteiger partial charge in [-0.2, -0.15) is 0 Å². The molecule has 0 atom stereocenters. The Bertz CT molecular complexity index is 739. The normalized spacial score (nSPS) is 12.4. The maximum atomic E-state index is 11.6. The molecule has 0 spiro atoms. The Morgan fingerprint density at radius 2 is 1.89 bits per heavy atom. The van der Waals surface area contributed by atoms with Crippen LogP contribution in [0.25, 0.3) is 0 Å². The molecule has 2 aromatic rings. The van der Waals surface area contributed by atoms with E-state index in [4.69, 9.17) is 0 Å². The molecule has 0 saturated heterocycles. The number of esters is 2. The van der Waals surface area contributed by atoms with Gasteiger partial charge >= 0.3 is 11.9 Å². The van der Waals surface area contributed by atoms with E-state index in [9.17, 15) is 9.59 Å². The molecule has 0 fully saturated rings. The van der Waals surface area contributed by atoms with Crippen molar-refractivity contribution in [1.82, 2.24) is 4.98 Å². The van der Waals surface area contributed by atoms with Gasteiger partial charge in [-0.25, -0.2) is 9.59 Å². The lowest BCUT2D eigenvalue weighted by Crippen LogP contribution is -1.98. The van der Waals surface area contributed by atoms with E-state index < -0.39 is 11.9 Å². The fourth-order valence-electron chi connectivity index (χ4n) is 1.81. The van der Waals surface area contributed by atoms with Gasteiger partial charge in [0.1, 0.15) is 0 Å². The number of carbonyl (C=O) groups is 2. The van der Waals surface area contributed by atoms with Crippen molar-refractivity contribution in [2.45, 2.75) is 0 Å². The van der Waals surface area contributed by atoms with Crippen molar-refractivity contribution in [3.05, 3.63) is 65.0 Å². The Morgan fingerprint density at radius 3 is 2.68 bits per heavy atom. The highest BCUT2D eigenvalue weighted by atomic mass is 16.6. The molecule has 0 amide bonds. The summed E-state index contributed by atoms with van der Waals surface area (Å²) in [7, 11) is 0. The zero-order valence-electron chi connectivity index (χ0n) is 9.71. The minimum atomic E-state index is -0.643. The lowest BCUT2D eigenvalue weighted by atomic mass is 10.0. The Balaban J connectivity index is 2.07. The molecule has 4 heteroatoms. The summed E-state index contributed by atoms with van der Waals surface area (Å²) >= 11 is 0. The largest absolute Gasteiger partial charge is 0.386 e. The van der Waals surface area contributed by atoms with Gasteiger partial charge in [-0.3, -0.25) is 4.98 Å². The van der Waals surface area contributed by atoms with Crippen LogP contribution < -0.4 is 0 Å². The van der Waals surface area contributed by atoms with Crippen LogP contribution in [0.4, 0.5) is 0 Å². The van der Waals surface area contributed by atoms with E-state index >= 15 is 0 Å². The third-order valence-electron chi connectivity index (χ3n) is 2.68. The average Bonchev–Trinajstić information content (AvgIpc) is 2.74. The Labute approximate surface area is 109 Å². The van der Waals surface area contributed by atoms with E-state index in [1.807, 2.05) is 6.07 Å². The van der Waals surface area contributed by atoms with Crippen LogP contribution in [0.15, 0.2) is 42.7 Å². The summed E-state index contributed by atoms with van der Waals surface area (Å²) < 4.78 is 4.57. The molecule has 0 N–H and O–H groups in total. The van der Waals surface area contributed by atoms with Crippen molar-refractivity contribution in [3.8, 4) is 11.8 Å². The van der Waals surface area contributed by atoms with Crippen LogP contribution in [-0.4, -0.2) is 16.9 Å². The maximum Gasteiger partial charge on any atom is 0.348 e. The highest BCUT2D eigenvalue weighted by molar-refractivity contribution is 6.15. The fourth-order valence-corrected chi connectivity index (χ4v) is 1.81. The second kappa shape index (κ2) is 4.39. The Morgan fingerprint density at radius 1 is 1.00 bits per heavy atom. The molecule has 4 nitrogen and oxygen atoms in total. The predicted molar refractivity (Wildman–Crippen MR) is 66.4 cm³/mol. The molecule has 2 heterocycles. The first kappa shape index (κ1) is 11.2. The van der Waals surface area contributed by atoms with Gasteiger partial charge in [0, 0.05) is 23.5 Å². The SMILES string of the molecule is O=C1OC(=O)c2c(C#Cc3cccnc3)cccc21. The topological polar surface area (TPSA) is 56.3 Å². The number of hydrogen-bond donors (Lipinski definition) is 0. The molecule has 1 aromatic carbocycles. The Kier molecular flexibility index (Phi) is 2.58. The van der Waals surface area contributed by atoms with E-state index in [-0.39, 0.29) is 11.1 Å².